The summed E-state index contributed by atoms with van der Waals surface area (Å²) in [7, 11) is -2.14. The van der Waals surface area contributed by atoms with E-state index in [-0.39, 0.29) is 22.4 Å². The van der Waals surface area contributed by atoms with Gasteiger partial charge < -0.3 is 5.32 Å². The van der Waals surface area contributed by atoms with E-state index in [0.717, 1.165) is 6.07 Å². The Bertz CT molecular complexity index is 649. The van der Waals surface area contributed by atoms with E-state index in [0.29, 0.717) is 18.8 Å². The number of non-ortho nitro benzene ring substituents is 1. The zero-order valence-corrected chi connectivity index (χ0v) is 13.1. The average Bonchev–Trinajstić information content (AvgIpc) is 2.78. The van der Waals surface area contributed by atoms with Crippen molar-refractivity contribution >= 4 is 21.4 Å². The summed E-state index contributed by atoms with van der Waals surface area (Å²) >= 11 is 0. The lowest BCUT2D eigenvalue weighted by Crippen LogP contribution is -2.29. The fraction of sp³-hybridized carbons (Fsp3) is 0.538. The van der Waals surface area contributed by atoms with Gasteiger partial charge in [-0.3, -0.25) is 10.1 Å². The van der Waals surface area contributed by atoms with Crippen molar-refractivity contribution in [2.24, 2.45) is 11.8 Å². The van der Waals surface area contributed by atoms with Crippen LogP contribution in [0.1, 0.15) is 13.8 Å². The first-order valence-corrected chi connectivity index (χ1v) is 8.17. The van der Waals surface area contributed by atoms with Gasteiger partial charge in [0, 0.05) is 32.3 Å². The predicted octanol–water partition coefficient (Wildman–Crippen LogP) is 1.91. The summed E-state index contributed by atoms with van der Waals surface area (Å²) in [5.74, 6) is 0.549. The van der Waals surface area contributed by atoms with Crippen molar-refractivity contribution in [1.82, 2.24) is 4.31 Å². The fourth-order valence-electron chi connectivity index (χ4n) is 2.46. The van der Waals surface area contributed by atoms with Crippen LogP contribution < -0.4 is 5.32 Å². The maximum Gasteiger partial charge on any atom is 0.270 e. The van der Waals surface area contributed by atoms with E-state index in [1.807, 2.05) is 13.8 Å². The van der Waals surface area contributed by atoms with Crippen molar-refractivity contribution in [2.75, 3.05) is 25.5 Å². The second kappa shape index (κ2) is 5.61. The fourth-order valence-corrected chi connectivity index (χ4v) is 4.32. The highest BCUT2D eigenvalue weighted by molar-refractivity contribution is 7.89. The number of rotatable bonds is 4. The summed E-state index contributed by atoms with van der Waals surface area (Å²) in [5.41, 5.74) is 0.140. The molecule has 1 aliphatic heterocycles. The molecule has 1 aromatic rings. The van der Waals surface area contributed by atoms with E-state index >= 15 is 0 Å². The molecule has 2 rings (SSSR count). The van der Waals surface area contributed by atoms with Crippen LogP contribution in [0.25, 0.3) is 0 Å². The highest BCUT2D eigenvalue weighted by atomic mass is 32.2. The number of nitro benzene ring substituents is 1. The number of sulfonamides is 1. The number of nitro groups is 1. The molecule has 1 heterocycles. The van der Waals surface area contributed by atoms with Crippen LogP contribution in [0.3, 0.4) is 0 Å². The largest absolute Gasteiger partial charge is 0.387 e. The van der Waals surface area contributed by atoms with Crippen LogP contribution in [-0.2, 0) is 10.0 Å². The molecule has 1 N–H and O–H groups in total. The molecule has 2 atom stereocenters. The standard InChI is InChI=1S/C13H19N3O4S/c1-9-7-15(8-10(9)2)21(19,20)13-6-11(16(17)18)4-5-12(13)14-3/h4-6,9-10,14H,7-8H2,1-3H3. The third-order valence-corrected chi connectivity index (χ3v) is 5.89. The maximum atomic E-state index is 12.7. The third-order valence-electron chi connectivity index (χ3n) is 4.02. The third kappa shape index (κ3) is 2.86. The Morgan fingerprint density at radius 3 is 2.33 bits per heavy atom. The van der Waals surface area contributed by atoms with Gasteiger partial charge in [0.25, 0.3) is 5.69 Å². The van der Waals surface area contributed by atoms with Crippen LogP contribution in [0.15, 0.2) is 23.1 Å². The highest BCUT2D eigenvalue weighted by Gasteiger charge is 2.36. The predicted molar refractivity (Wildman–Crippen MR) is 79.7 cm³/mol. The van der Waals surface area contributed by atoms with E-state index in [1.165, 1.54) is 16.4 Å². The van der Waals surface area contributed by atoms with E-state index in [1.54, 1.807) is 7.05 Å². The second-order valence-corrected chi connectivity index (χ2v) is 7.37. The first-order valence-electron chi connectivity index (χ1n) is 6.73. The highest BCUT2D eigenvalue weighted by Crippen LogP contribution is 2.33. The molecular formula is C13H19N3O4S. The van der Waals surface area contributed by atoms with Crippen molar-refractivity contribution in [3.05, 3.63) is 28.3 Å². The Balaban J connectivity index is 2.48. The normalized spacial score (nSPS) is 23.2. The lowest BCUT2D eigenvalue weighted by atomic mass is 10.0. The van der Waals surface area contributed by atoms with Crippen LogP contribution in [0.5, 0.6) is 0 Å². The number of hydrogen-bond donors (Lipinski definition) is 1. The second-order valence-electron chi connectivity index (χ2n) is 5.46. The molecule has 2 unspecified atom stereocenters. The maximum absolute atomic E-state index is 12.7. The number of nitrogens with one attached hydrogen (secondary N) is 1. The summed E-state index contributed by atoms with van der Waals surface area (Å²) in [4.78, 5) is 10.3. The van der Waals surface area contributed by atoms with Gasteiger partial charge in [-0.1, -0.05) is 13.8 Å². The topological polar surface area (TPSA) is 92.5 Å². The van der Waals surface area contributed by atoms with Crippen molar-refractivity contribution in [3.8, 4) is 0 Å². The minimum absolute atomic E-state index is 0.0412. The average molecular weight is 313 g/mol. The van der Waals surface area contributed by atoms with Crippen LogP contribution in [0.2, 0.25) is 0 Å². The van der Waals surface area contributed by atoms with Crippen LogP contribution >= 0.6 is 0 Å². The Morgan fingerprint density at radius 1 is 1.29 bits per heavy atom. The van der Waals surface area contributed by atoms with Crippen molar-refractivity contribution in [2.45, 2.75) is 18.7 Å². The summed E-state index contributed by atoms with van der Waals surface area (Å²) in [6.45, 7) is 4.89. The zero-order valence-electron chi connectivity index (χ0n) is 12.2. The minimum Gasteiger partial charge on any atom is -0.387 e. The van der Waals surface area contributed by atoms with E-state index in [9.17, 15) is 18.5 Å². The van der Waals surface area contributed by atoms with Crippen LogP contribution in [-0.4, -0.2) is 37.8 Å². The number of nitrogens with zero attached hydrogens (tertiary/aromatic N) is 2. The summed E-state index contributed by atoms with van der Waals surface area (Å²) in [6.07, 6.45) is 0. The summed E-state index contributed by atoms with van der Waals surface area (Å²) < 4.78 is 26.9. The summed E-state index contributed by atoms with van der Waals surface area (Å²) in [6, 6.07) is 3.84. The molecule has 116 valence electrons. The number of benzene rings is 1. The zero-order chi connectivity index (χ0) is 15.8. The first-order chi connectivity index (χ1) is 9.77. The number of anilines is 1. The number of hydrogen-bond acceptors (Lipinski definition) is 5. The smallest absolute Gasteiger partial charge is 0.270 e. The lowest BCUT2D eigenvalue weighted by molar-refractivity contribution is -0.385. The van der Waals surface area contributed by atoms with E-state index in [2.05, 4.69) is 5.32 Å². The molecule has 1 aliphatic rings. The first kappa shape index (κ1) is 15.7. The van der Waals surface area contributed by atoms with Gasteiger partial charge in [-0.2, -0.15) is 4.31 Å². The molecule has 0 aromatic heterocycles. The van der Waals surface area contributed by atoms with Gasteiger partial charge >= 0.3 is 0 Å². The van der Waals surface area contributed by atoms with Crippen molar-refractivity contribution < 1.29 is 13.3 Å². The molecule has 0 saturated carbocycles. The SMILES string of the molecule is CNc1ccc([N+](=O)[O-])cc1S(=O)(=O)N1CC(C)C(C)C1. The van der Waals surface area contributed by atoms with Gasteiger partial charge in [-0.25, -0.2) is 8.42 Å². The molecule has 0 bridgehead atoms. The minimum atomic E-state index is -3.74. The molecule has 7 nitrogen and oxygen atoms in total. The Morgan fingerprint density at radius 2 is 1.86 bits per heavy atom. The van der Waals surface area contributed by atoms with Gasteiger partial charge in [0.1, 0.15) is 4.90 Å². The van der Waals surface area contributed by atoms with Gasteiger partial charge in [0.2, 0.25) is 10.0 Å². The Hall–Kier alpha value is -1.67. The van der Waals surface area contributed by atoms with Crippen LogP contribution in [0.4, 0.5) is 11.4 Å². The molecule has 1 fully saturated rings. The molecule has 0 amide bonds. The van der Waals surface area contributed by atoms with E-state index in [4.69, 9.17) is 0 Å². The van der Waals surface area contributed by atoms with Gasteiger partial charge in [0.05, 0.1) is 10.6 Å². The molecular weight excluding hydrogens is 294 g/mol. The Labute approximate surface area is 124 Å². The van der Waals surface area contributed by atoms with Gasteiger partial charge in [-0.05, 0) is 17.9 Å². The molecule has 0 aliphatic carbocycles. The van der Waals surface area contributed by atoms with Gasteiger partial charge in [0.15, 0.2) is 0 Å². The molecule has 0 spiro atoms. The molecule has 1 saturated heterocycles. The van der Waals surface area contributed by atoms with Crippen LogP contribution in [0, 0.1) is 22.0 Å². The van der Waals surface area contributed by atoms with Crippen molar-refractivity contribution in [1.29, 1.82) is 0 Å². The monoisotopic (exact) mass is 313 g/mol. The van der Waals surface area contributed by atoms with Crippen molar-refractivity contribution in [3.63, 3.8) is 0 Å². The lowest BCUT2D eigenvalue weighted by Gasteiger charge is -2.18. The quantitative estimate of drug-likeness (QED) is 0.677. The van der Waals surface area contributed by atoms with E-state index < -0.39 is 14.9 Å². The molecule has 21 heavy (non-hydrogen) atoms. The summed E-state index contributed by atoms with van der Waals surface area (Å²) in [5, 5.41) is 13.7. The van der Waals surface area contributed by atoms with Gasteiger partial charge in [-0.15, -0.1) is 0 Å². The molecule has 8 heteroatoms. The molecule has 0 radical (unpaired) electrons. The Kier molecular flexibility index (Phi) is 4.20. The molecule has 1 aromatic carbocycles.